The first kappa shape index (κ1) is 15.0. The predicted molar refractivity (Wildman–Crippen MR) is 84.0 cm³/mol. The molecule has 1 aliphatic heterocycles. The summed E-state index contributed by atoms with van der Waals surface area (Å²) in [5, 5.41) is 2.07. The molecule has 5 heteroatoms. The molecule has 3 unspecified atom stereocenters. The minimum Gasteiger partial charge on any atom is -0.376 e. The van der Waals surface area contributed by atoms with Gasteiger partial charge >= 0.3 is 0 Å². The molecular formula is C16H24N2O2S. The molecule has 116 valence electrons. The maximum absolute atomic E-state index is 12.8. The maximum atomic E-state index is 12.8. The Bertz CT molecular complexity index is 457. The Morgan fingerprint density at radius 1 is 1.43 bits per heavy atom. The lowest BCUT2D eigenvalue weighted by molar-refractivity contribution is -0.137. The summed E-state index contributed by atoms with van der Waals surface area (Å²) in [4.78, 5) is 16.1. The van der Waals surface area contributed by atoms with E-state index in [9.17, 15) is 4.79 Å². The number of ether oxygens (including phenoxy) is 1. The molecule has 1 saturated carbocycles. The Hall–Kier alpha value is -0.910. The molecule has 1 aliphatic carbocycles. The molecule has 0 spiro atoms. The monoisotopic (exact) mass is 308 g/mol. The van der Waals surface area contributed by atoms with Crippen LogP contribution in [0.4, 0.5) is 0 Å². The van der Waals surface area contributed by atoms with Crippen molar-refractivity contribution in [3.63, 3.8) is 0 Å². The number of rotatable bonds is 5. The maximum Gasteiger partial charge on any atom is 0.226 e. The first-order chi connectivity index (χ1) is 10.2. The lowest BCUT2D eigenvalue weighted by Gasteiger charge is -2.27. The molecule has 1 saturated heterocycles. The van der Waals surface area contributed by atoms with Crippen LogP contribution < -0.4 is 5.73 Å². The van der Waals surface area contributed by atoms with Crippen LogP contribution in [0.2, 0.25) is 0 Å². The third-order valence-electron chi connectivity index (χ3n) is 4.51. The van der Waals surface area contributed by atoms with Crippen LogP contribution in [-0.4, -0.2) is 36.1 Å². The standard InChI is InChI=1S/C16H24N2O2S/c17-13-6-5-12(9-13)16(19)18(10-14-3-1-7-20-14)11-15-4-2-8-21-15/h2,4,8,12-14H,1,3,5-7,9-11,17H2. The minimum atomic E-state index is 0.112. The second-order valence-electron chi connectivity index (χ2n) is 6.20. The molecule has 3 atom stereocenters. The van der Waals surface area contributed by atoms with Crippen LogP contribution in [-0.2, 0) is 16.1 Å². The van der Waals surface area contributed by atoms with Crippen molar-refractivity contribution in [2.24, 2.45) is 11.7 Å². The number of carbonyl (C=O) groups is 1. The lowest BCUT2D eigenvalue weighted by atomic mass is 10.1. The summed E-state index contributed by atoms with van der Waals surface area (Å²) in [6, 6.07) is 4.34. The average molecular weight is 308 g/mol. The fourth-order valence-electron chi connectivity index (χ4n) is 3.36. The second-order valence-corrected chi connectivity index (χ2v) is 7.24. The van der Waals surface area contributed by atoms with Crippen molar-refractivity contribution in [3.05, 3.63) is 22.4 Å². The van der Waals surface area contributed by atoms with E-state index in [-0.39, 0.29) is 24.0 Å². The fourth-order valence-corrected chi connectivity index (χ4v) is 4.08. The molecule has 2 heterocycles. The highest BCUT2D eigenvalue weighted by molar-refractivity contribution is 7.09. The SMILES string of the molecule is NC1CCC(C(=O)N(Cc2cccs2)CC2CCCO2)C1. The van der Waals surface area contributed by atoms with Gasteiger partial charge in [0.15, 0.2) is 0 Å². The Kier molecular flexibility index (Phi) is 4.93. The molecule has 0 aromatic carbocycles. The normalized spacial score (nSPS) is 28.9. The first-order valence-electron chi connectivity index (χ1n) is 7.90. The summed E-state index contributed by atoms with van der Waals surface area (Å²) in [5.74, 6) is 0.383. The van der Waals surface area contributed by atoms with Crippen LogP contribution in [0.5, 0.6) is 0 Å². The summed E-state index contributed by atoms with van der Waals surface area (Å²) in [6.07, 6.45) is 5.14. The van der Waals surface area contributed by atoms with Crippen molar-refractivity contribution in [1.29, 1.82) is 0 Å². The molecule has 2 fully saturated rings. The molecule has 1 amide bonds. The van der Waals surface area contributed by atoms with Gasteiger partial charge in [0.05, 0.1) is 12.6 Å². The summed E-state index contributed by atoms with van der Waals surface area (Å²) in [5.41, 5.74) is 5.97. The van der Waals surface area contributed by atoms with Crippen LogP contribution >= 0.6 is 11.3 Å². The van der Waals surface area contributed by atoms with E-state index in [1.807, 2.05) is 11.0 Å². The largest absolute Gasteiger partial charge is 0.376 e. The van der Waals surface area contributed by atoms with Gasteiger partial charge in [0, 0.05) is 30.0 Å². The zero-order chi connectivity index (χ0) is 14.7. The van der Waals surface area contributed by atoms with E-state index in [2.05, 4.69) is 11.4 Å². The Labute approximate surface area is 130 Å². The van der Waals surface area contributed by atoms with Gasteiger partial charge < -0.3 is 15.4 Å². The number of thiophene rings is 1. The Balaban J connectivity index is 1.66. The van der Waals surface area contributed by atoms with E-state index >= 15 is 0 Å². The number of nitrogens with zero attached hydrogens (tertiary/aromatic N) is 1. The quantitative estimate of drug-likeness (QED) is 0.908. The summed E-state index contributed by atoms with van der Waals surface area (Å²) >= 11 is 1.71. The molecule has 4 nitrogen and oxygen atoms in total. The molecule has 1 aromatic rings. The fraction of sp³-hybridized carbons (Fsp3) is 0.688. The lowest BCUT2D eigenvalue weighted by Crippen LogP contribution is -2.40. The molecule has 0 radical (unpaired) electrons. The molecule has 2 N–H and O–H groups in total. The Morgan fingerprint density at radius 2 is 2.33 bits per heavy atom. The van der Waals surface area contributed by atoms with Gasteiger partial charge in [-0.3, -0.25) is 4.79 Å². The van der Waals surface area contributed by atoms with Crippen LogP contribution in [0.1, 0.15) is 37.0 Å². The van der Waals surface area contributed by atoms with E-state index in [0.717, 1.165) is 45.3 Å². The van der Waals surface area contributed by atoms with Crippen molar-refractivity contribution >= 4 is 17.2 Å². The van der Waals surface area contributed by atoms with E-state index in [4.69, 9.17) is 10.5 Å². The number of carbonyl (C=O) groups excluding carboxylic acids is 1. The highest BCUT2D eigenvalue weighted by Gasteiger charge is 2.32. The summed E-state index contributed by atoms with van der Waals surface area (Å²) in [6.45, 7) is 2.27. The number of amides is 1. The number of hydrogen-bond acceptors (Lipinski definition) is 4. The highest BCUT2D eigenvalue weighted by atomic mass is 32.1. The van der Waals surface area contributed by atoms with Gasteiger partial charge in [-0.2, -0.15) is 0 Å². The van der Waals surface area contributed by atoms with Gasteiger partial charge in [-0.15, -0.1) is 11.3 Å². The molecule has 1 aromatic heterocycles. The van der Waals surface area contributed by atoms with Crippen molar-refractivity contribution in [2.45, 2.75) is 50.8 Å². The van der Waals surface area contributed by atoms with Gasteiger partial charge in [-0.1, -0.05) is 6.07 Å². The smallest absolute Gasteiger partial charge is 0.226 e. The Morgan fingerprint density at radius 3 is 2.95 bits per heavy atom. The van der Waals surface area contributed by atoms with Crippen molar-refractivity contribution in [3.8, 4) is 0 Å². The molecule has 21 heavy (non-hydrogen) atoms. The third kappa shape index (κ3) is 3.84. The number of hydrogen-bond donors (Lipinski definition) is 1. The summed E-state index contributed by atoms with van der Waals surface area (Å²) in [7, 11) is 0. The van der Waals surface area contributed by atoms with Gasteiger partial charge in [-0.05, 0) is 43.6 Å². The highest BCUT2D eigenvalue weighted by Crippen LogP contribution is 2.28. The zero-order valence-electron chi connectivity index (χ0n) is 12.4. The average Bonchev–Trinajstić information content (AvgIpc) is 3.19. The zero-order valence-corrected chi connectivity index (χ0v) is 13.2. The van der Waals surface area contributed by atoms with Gasteiger partial charge in [0.1, 0.15) is 0 Å². The van der Waals surface area contributed by atoms with Gasteiger partial charge in [-0.25, -0.2) is 0 Å². The second kappa shape index (κ2) is 6.90. The molecule has 3 rings (SSSR count). The first-order valence-corrected chi connectivity index (χ1v) is 8.78. The molecular weight excluding hydrogens is 284 g/mol. The van der Waals surface area contributed by atoms with Crippen molar-refractivity contribution in [1.82, 2.24) is 4.90 Å². The van der Waals surface area contributed by atoms with Gasteiger partial charge in [0.2, 0.25) is 5.91 Å². The van der Waals surface area contributed by atoms with Gasteiger partial charge in [0.25, 0.3) is 0 Å². The minimum absolute atomic E-state index is 0.112. The van der Waals surface area contributed by atoms with Crippen LogP contribution in [0.25, 0.3) is 0 Å². The van der Waals surface area contributed by atoms with Crippen LogP contribution in [0.3, 0.4) is 0 Å². The summed E-state index contributed by atoms with van der Waals surface area (Å²) < 4.78 is 5.72. The van der Waals surface area contributed by atoms with E-state index in [1.165, 1.54) is 4.88 Å². The van der Waals surface area contributed by atoms with Crippen LogP contribution in [0.15, 0.2) is 17.5 Å². The van der Waals surface area contributed by atoms with E-state index < -0.39 is 0 Å². The molecule has 0 bridgehead atoms. The van der Waals surface area contributed by atoms with E-state index in [1.54, 1.807) is 11.3 Å². The van der Waals surface area contributed by atoms with Crippen LogP contribution in [0, 0.1) is 5.92 Å². The third-order valence-corrected chi connectivity index (χ3v) is 5.37. The topological polar surface area (TPSA) is 55.6 Å². The van der Waals surface area contributed by atoms with Crippen molar-refractivity contribution < 1.29 is 9.53 Å². The van der Waals surface area contributed by atoms with Crippen molar-refractivity contribution in [2.75, 3.05) is 13.2 Å². The predicted octanol–water partition coefficient (Wildman–Crippen LogP) is 2.38. The molecule has 2 aliphatic rings. The van der Waals surface area contributed by atoms with E-state index in [0.29, 0.717) is 6.54 Å². The number of nitrogens with two attached hydrogens (primary N) is 1.